The van der Waals surface area contributed by atoms with Crippen LogP contribution in [0.4, 0.5) is 0 Å². The van der Waals surface area contributed by atoms with Crippen molar-refractivity contribution in [1.29, 1.82) is 0 Å². The van der Waals surface area contributed by atoms with E-state index in [-0.39, 0.29) is 5.91 Å². The number of hydrogen-bond acceptors (Lipinski definition) is 2. The van der Waals surface area contributed by atoms with Crippen molar-refractivity contribution in [2.75, 3.05) is 13.2 Å². The molecule has 1 N–H and O–H groups in total. The molecule has 1 amide bonds. The zero-order chi connectivity index (χ0) is 11.8. The van der Waals surface area contributed by atoms with Crippen molar-refractivity contribution in [3.8, 4) is 0 Å². The lowest BCUT2D eigenvalue weighted by Crippen LogP contribution is -2.25. The maximum Gasteiger partial charge on any atom is 0.252 e. The van der Waals surface area contributed by atoms with Crippen molar-refractivity contribution in [1.82, 2.24) is 5.32 Å². The predicted octanol–water partition coefficient (Wildman–Crippen LogP) is 2.73. The second-order valence-corrected chi connectivity index (χ2v) is 3.98. The Balaban J connectivity index is 2.36. The van der Waals surface area contributed by atoms with E-state index in [0.29, 0.717) is 18.7 Å². The molecular formula is C12H14BrNO2. The fraction of sp³-hybridized carbons (Fsp3) is 0.250. The van der Waals surface area contributed by atoms with Gasteiger partial charge in [0.1, 0.15) is 0 Å². The van der Waals surface area contributed by atoms with E-state index in [0.717, 1.165) is 10.9 Å². The third kappa shape index (κ3) is 4.06. The van der Waals surface area contributed by atoms with Gasteiger partial charge in [-0.25, -0.2) is 0 Å². The summed E-state index contributed by atoms with van der Waals surface area (Å²) >= 11 is 3.33. The predicted molar refractivity (Wildman–Crippen MR) is 67.2 cm³/mol. The topological polar surface area (TPSA) is 38.3 Å². The molecule has 1 aromatic carbocycles. The lowest BCUT2D eigenvalue weighted by atomic mass is 10.2. The largest absolute Gasteiger partial charge is 0.502 e. The number of hydrogen-bond donors (Lipinski definition) is 1. The van der Waals surface area contributed by atoms with Crippen molar-refractivity contribution in [2.24, 2.45) is 0 Å². The van der Waals surface area contributed by atoms with E-state index in [1.54, 1.807) is 6.07 Å². The first-order chi connectivity index (χ1) is 7.75. The van der Waals surface area contributed by atoms with Gasteiger partial charge in [-0.15, -0.1) is 0 Å². The number of nitrogens with one attached hydrogen (secondary N) is 1. The molecule has 0 unspecified atom stereocenters. The number of ether oxygens (including phenoxy) is 1. The summed E-state index contributed by atoms with van der Waals surface area (Å²) in [5.74, 6) is -0.0777. The summed E-state index contributed by atoms with van der Waals surface area (Å²) in [4.78, 5) is 11.7. The van der Waals surface area contributed by atoms with Crippen LogP contribution in [-0.2, 0) is 4.74 Å². The summed E-state index contributed by atoms with van der Waals surface area (Å²) in [6.45, 7) is 4.60. The quantitative estimate of drug-likeness (QED) is 0.644. The molecule has 0 atom stereocenters. The molecule has 0 spiro atoms. The van der Waals surface area contributed by atoms with E-state index in [1.165, 1.54) is 6.26 Å². The minimum Gasteiger partial charge on any atom is -0.502 e. The van der Waals surface area contributed by atoms with Crippen LogP contribution in [0.25, 0.3) is 0 Å². The molecule has 0 heterocycles. The Morgan fingerprint density at radius 1 is 1.50 bits per heavy atom. The first-order valence-corrected chi connectivity index (χ1v) is 5.80. The molecule has 0 bridgehead atoms. The zero-order valence-electron chi connectivity index (χ0n) is 8.91. The third-order valence-electron chi connectivity index (χ3n) is 1.96. The van der Waals surface area contributed by atoms with E-state index in [4.69, 9.17) is 4.74 Å². The average molecular weight is 284 g/mol. The lowest BCUT2D eigenvalue weighted by Gasteiger charge is -2.06. The molecule has 0 fully saturated rings. The smallest absolute Gasteiger partial charge is 0.252 e. The maximum absolute atomic E-state index is 11.7. The summed E-state index contributed by atoms with van der Waals surface area (Å²) < 4.78 is 5.75. The van der Waals surface area contributed by atoms with Crippen LogP contribution in [0.15, 0.2) is 41.6 Å². The van der Waals surface area contributed by atoms with Crippen molar-refractivity contribution >= 4 is 21.8 Å². The van der Waals surface area contributed by atoms with Gasteiger partial charge in [0.25, 0.3) is 5.91 Å². The van der Waals surface area contributed by atoms with Crippen LogP contribution in [0.5, 0.6) is 0 Å². The molecule has 0 aliphatic rings. The number of benzene rings is 1. The minimum absolute atomic E-state index is 0.0777. The van der Waals surface area contributed by atoms with Gasteiger partial charge < -0.3 is 10.1 Å². The fourth-order valence-electron chi connectivity index (χ4n) is 1.18. The average Bonchev–Trinajstić information content (AvgIpc) is 2.29. The SMILES string of the molecule is C=COCCCNC(=O)c1ccccc1Br. The van der Waals surface area contributed by atoms with Gasteiger partial charge in [-0.05, 0) is 34.5 Å². The molecule has 1 rings (SSSR count). The van der Waals surface area contributed by atoms with Crippen LogP contribution in [0.3, 0.4) is 0 Å². The fourth-order valence-corrected chi connectivity index (χ4v) is 1.65. The molecule has 0 aliphatic heterocycles. The molecule has 1 aromatic rings. The Kier molecular flexibility index (Phi) is 5.64. The molecule has 0 radical (unpaired) electrons. The first-order valence-electron chi connectivity index (χ1n) is 5.01. The Hall–Kier alpha value is -1.29. The lowest BCUT2D eigenvalue weighted by molar-refractivity contribution is 0.0949. The van der Waals surface area contributed by atoms with Gasteiger partial charge in [0, 0.05) is 11.0 Å². The standard InChI is InChI=1S/C12H14BrNO2/c1-2-16-9-5-8-14-12(15)10-6-3-4-7-11(10)13/h2-4,6-7H,1,5,8-9H2,(H,14,15). The van der Waals surface area contributed by atoms with Crippen molar-refractivity contribution in [3.63, 3.8) is 0 Å². The molecule has 3 nitrogen and oxygen atoms in total. The Labute approximate surface area is 104 Å². The third-order valence-corrected chi connectivity index (χ3v) is 2.65. The van der Waals surface area contributed by atoms with Crippen molar-refractivity contribution < 1.29 is 9.53 Å². The van der Waals surface area contributed by atoms with E-state index in [1.807, 2.05) is 18.2 Å². The van der Waals surface area contributed by atoms with Gasteiger partial charge in [-0.2, -0.15) is 0 Å². The van der Waals surface area contributed by atoms with Crippen molar-refractivity contribution in [3.05, 3.63) is 47.1 Å². The highest BCUT2D eigenvalue weighted by Gasteiger charge is 2.07. The van der Waals surface area contributed by atoms with E-state index >= 15 is 0 Å². The maximum atomic E-state index is 11.7. The second kappa shape index (κ2) is 7.06. The Morgan fingerprint density at radius 2 is 2.25 bits per heavy atom. The second-order valence-electron chi connectivity index (χ2n) is 3.13. The molecule has 0 saturated heterocycles. The van der Waals surface area contributed by atoms with Gasteiger partial charge in [0.15, 0.2) is 0 Å². The summed E-state index contributed by atoms with van der Waals surface area (Å²) in [6.07, 6.45) is 2.16. The van der Waals surface area contributed by atoms with Crippen LogP contribution >= 0.6 is 15.9 Å². The van der Waals surface area contributed by atoms with Crippen LogP contribution in [-0.4, -0.2) is 19.1 Å². The van der Waals surface area contributed by atoms with Gasteiger partial charge in [0.2, 0.25) is 0 Å². The van der Waals surface area contributed by atoms with Crippen LogP contribution < -0.4 is 5.32 Å². The molecule has 0 aliphatic carbocycles. The molecule has 86 valence electrons. The number of amides is 1. The molecular weight excluding hydrogens is 270 g/mol. The van der Waals surface area contributed by atoms with Gasteiger partial charge in [-0.3, -0.25) is 4.79 Å². The molecule has 0 aromatic heterocycles. The number of carbonyl (C=O) groups excluding carboxylic acids is 1. The highest BCUT2D eigenvalue weighted by atomic mass is 79.9. The summed E-state index contributed by atoms with van der Waals surface area (Å²) in [7, 11) is 0. The summed E-state index contributed by atoms with van der Waals surface area (Å²) in [5, 5.41) is 2.82. The van der Waals surface area contributed by atoms with Crippen LogP contribution in [0.2, 0.25) is 0 Å². The molecule has 16 heavy (non-hydrogen) atoms. The molecule has 0 saturated carbocycles. The van der Waals surface area contributed by atoms with E-state index in [9.17, 15) is 4.79 Å². The van der Waals surface area contributed by atoms with Gasteiger partial charge in [0.05, 0.1) is 18.4 Å². The minimum atomic E-state index is -0.0777. The van der Waals surface area contributed by atoms with E-state index in [2.05, 4.69) is 27.8 Å². The van der Waals surface area contributed by atoms with Gasteiger partial charge in [-0.1, -0.05) is 18.7 Å². The number of halogens is 1. The van der Waals surface area contributed by atoms with Gasteiger partial charge >= 0.3 is 0 Å². The number of carbonyl (C=O) groups is 1. The normalized spacial score (nSPS) is 9.56. The first kappa shape index (κ1) is 12.8. The Bertz CT molecular complexity index is 366. The summed E-state index contributed by atoms with van der Waals surface area (Å²) in [5.41, 5.74) is 0.645. The highest BCUT2D eigenvalue weighted by Crippen LogP contribution is 2.15. The summed E-state index contributed by atoms with van der Waals surface area (Å²) in [6, 6.07) is 7.33. The van der Waals surface area contributed by atoms with Crippen molar-refractivity contribution in [2.45, 2.75) is 6.42 Å². The van der Waals surface area contributed by atoms with Crippen LogP contribution in [0, 0.1) is 0 Å². The Morgan fingerprint density at radius 3 is 2.94 bits per heavy atom. The highest BCUT2D eigenvalue weighted by molar-refractivity contribution is 9.10. The van der Waals surface area contributed by atoms with Crippen LogP contribution in [0.1, 0.15) is 16.8 Å². The monoisotopic (exact) mass is 283 g/mol. The molecule has 4 heteroatoms. The zero-order valence-corrected chi connectivity index (χ0v) is 10.5. The number of rotatable bonds is 6. The van der Waals surface area contributed by atoms with E-state index < -0.39 is 0 Å².